The van der Waals surface area contributed by atoms with Crippen LogP contribution in [-0.4, -0.2) is 36.5 Å². The molecule has 2 N–H and O–H groups in total. The summed E-state index contributed by atoms with van der Waals surface area (Å²) in [7, 11) is 0. The number of esters is 1. The molecule has 2 amide bonds. The lowest BCUT2D eigenvalue weighted by molar-refractivity contribution is -0.154. The average molecular weight is 339 g/mol. The van der Waals surface area contributed by atoms with Gasteiger partial charge >= 0.3 is 5.97 Å². The number of amides is 2. The van der Waals surface area contributed by atoms with Crippen molar-refractivity contribution >= 4 is 29.4 Å². The lowest BCUT2D eigenvalue weighted by Gasteiger charge is -2.13. The number of benzene rings is 1. The number of nitrogens with one attached hydrogen (secondary N) is 2. The molecule has 0 heterocycles. The van der Waals surface area contributed by atoms with E-state index in [9.17, 15) is 14.4 Å². The average Bonchev–Trinajstić information content (AvgIpc) is 3.31. The fourth-order valence-corrected chi connectivity index (χ4v) is 1.96. The van der Waals surface area contributed by atoms with Gasteiger partial charge < -0.3 is 15.4 Å². The molecular formula is C16H19ClN2O4. The molecule has 124 valence electrons. The third-order valence-corrected chi connectivity index (χ3v) is 3.57. The summed E-state index contributed by atoms with van der Waals surface area (Å²) in [5.74, 6) is -1.11. The molecule has 1 fully saturated rings. The molecule has 1 aliphatic carbocycles. The van der Waals surface area contributed by atoms with Gasteiger partial charge in [0.1, 0.15) is 0 Å². The topological polar surface area (TPSA) is 84.5 Å². The molecular weight excluding hydrogens is 320 g/mol. The maximum Gasteiger partial charge on any atom is 0.308 e. The highest BCUT2D eigenvalue weighted by Gasteiger charge is 2.27. The predicted molar refractivity (Wildman–Crippen MR) is 85.1 cm³/mol. The molecule has 1 aromatic rings. The third kappa shape index (κ3) is 5.90. The zero-order valence-corrected chi connectivity index (χ0v) is 13.6. The summed E-state index contributed by atoms with van der Waals surface area (Å²) < 4.78 is 5.02. The van der Waals surface area contributed by atoms with Gasteiger partial charge in [-0.15, -0.1) is 0 Å². The Labute approximate surface area is 139 Å². The van der Waals surface area contributed by atoms with Crippen LogP contribution in [0.3, 0.4) is 0 Å². The first kappa shape index (κ1) is 17.3. The van der Waals surface area contributed by atoms with Gasteiger partial charge in [-0.05, 0) is 44.0 Å². The van der Waals surface area contributed by atoms with Gasteiger partial charge in [-0.1, -0.05) is 11.6 Å². The van der Waals surface area contributed by atoms with Crippen LogP contribution in [0.1, 0.15) is 36.5 Å². The highest BCUT2D eigenvalue weighted by molar-refractivity contribution is 6.30. The number of carbonyl (C=O) groups is 3. The zero-order chi connectivity index (χ0) is 16.8. The first-order valence-corrected chi connectivity index (χ1v) is 7.87. The summed E-state index contributed by atoms with van der Waals surface area (Å²) in [6.07, 6.45) is 1.13. The Kier molecular flexibility index (Phi) is 5.98. The van der Waals surface area contributed by atoms with Crippen molar-refractivity contribution in [2.45, 2.75) is 38.3 Å². The van der Waals surface area contributed by atoms with E-state index in [4.69, 9.17) is 16.3 Å². The predicted octanol–water partition coefficient (Wildman–Crippen LogP) is 1.67. The van der Waals surface area contributed by atoms with E-state index in [1.54, 1.807) is 24.3 Å². The molecule has 1 aliphatic rings. The van der Waals surface area contributed by atoms with Crippen molar-refractivity contribution in [1.82, 2.24) is 10.6 Å². The van der Waals surface area contributed by atoms with Gasteiger partial charge in [-0.25, -0.2) is 0 Å². The first-order valence-electron chi connectivity index (χ1n) is 7.49. The van der Waals surface area contributed by atoms with E-state index in [0.29, 0.717) is 10.6 Å². The molecule has 0 bridgehead atoms. The maximum absolute atomic E-state index is 11.8. The molecule has 23 heavy (non-hydrogen) atoms. The van der Waals surface area contributed by atoms with Crippen LogP contribution in [0.5, 0.6) is 0 Å². The normalized spacial score (nSPS) is 14.7. The van der Waals surface area contributed by atoms with Crippen LogP contribution in [0.2, 0.25) is 5.02 Å². The molecule has 2 rings (SSSR count). The van der Waals surface area contributed by atoms with Gasteiger partial charge in [-0.3, -0.25) is 14.4 Å². The van der Waals surface area contributed by atoms with Crippen molar-refractivity contribution in [3.63, 3.8) is 0 Å². The molecule has 7 heteroatoms. The van der Waals surface area contributed by atoms with Gasteiger partial charge in [0, 0.05) is 23.2 Å². The van der Waals surface area contributed by atoms with Gasteiger partial charge in [-0.2, -0.15) is 0 Å². The molecule has 6 nitrogen and oxygen atoms in total. The number of carbonyl (C=O) groups excluding carboxylic acids is 3. The van der Waals surface area contributed by atoms with Gasteiger partial charge in [0.25, 0.3) is 11.8 Å². The minimum Gasteiger partial charge on any atom is -0.452 e. The summed E-state index contributed by atoms with van der Waals surface area (Å²) in [6.45, 7) is 1.67. The number of halogens is 1. The first-order chi connectivity index (χ1) is 11.0. The molecule has 0 saturated heterocycles. The number of hydrogen-bond acceptors (Lipinski definition) is 4. The van der Waals surface area contributed by atoms with E-state index in [1.807, 2.05) is 0 Å². The van der Waals surface area contributed by atoms with Crippen molar-refractivity contribution in [3.8, 4) is 0 Å². The monoisotopic (exact) mass is 338 g/mol. The van der Waals surface area contributed by atoms with Crippen molar-refractivity contribution in [3.05, 3.63) is 34.9 Å². The van der Waals surface area contributed by atoms with Crippen LogP contribution in [-0.2, 0) is 14.3 Å². The summed E-state index contributed by atoms with van der Waals surface area (Å²) in [5, 5.41) is 5.92. The molecule has 0 spiro atoms. The maximum atomic E-state index is 11.8. The summed E-state index contributed by atoms with van der Waals surface area (Å²) in [6, 6.07) is 6.65. The summed E-state index contributed by atoms with van der Waals surface area (Å²) in [4.78, 5) is 35.1. The number of rotatable bonds is 7. The second-order valence-electron chi connectivity index (χ2n) is 5.43. The van der Waals surface area contributed by atoms with Crippen molar-refractivity contribution < 1.29 is 19.1 Å². The standard InChI is InChI=1S/C16H19ClN2O4/c1-10(15(21)19-13-6-7-13)23-14(20)8-9-18-16(22)11-2-4-12(17)5-3-11/h2-5,10,13H,6-9H2,1H3,(H,18,22)(H,19,21)/t10-/m0/s1. The Morgan fingerprint density at radius 3 is 2.52 bits per heavy atom. The summed E-state index contributed by atoms with van der Waals surface area (Å²) in [5.41, 5.74) is 0.458. The molecule has 0 aliphatic heterocycles. The molecule has 0 unspecified atom stereocenters. The molecule has 0 aromatic heterocycles. The third-order valence-electron chi connectivity index (χ3n) is 3.32. The van der Waals surface area contributed by atoms with Crippen LogP contribution < -0.4 is 10.6 Å². The fourth-order valence-electron chi connectivity index (χ4n) is 1.84. The van der Waals surface area contributed by atoms with E-state index in [2.05, 4.69) is 10.6 Å². The van der Waals surface area contributed by atoms with Gasteiger partial charge in [0.15, 0.2) is 6.10 Å². The van der Waals surface area contributed by atoms with Crippen LogP contribution in [0.25, 0.3) is 0 Å². The Bertz CT molecular complexity index is 584. The van der Waals surface area contributed by atoms with E-state index >= 15 is 0 Å². The lowest BCUT2D eigenvalue weighted by atomic mass is 10.2. The van der Waals surface area contributed by atoms with Crippen molar-refractivity contribution in [1.29, 1.82) is 0 Å². The Morgan fingerprint density at radius 2 is 1.91 bits per heavy atom. The van der Waals surface area contributed by atoms with E-state index < -0.39 is 12.1 Å². The highest BCUT2D eigenvalue weighted by Crippen LogP contribution is 2.18. The highest BCUT2D eigenvalue weighted by atomic mass is 35.5. The van der Waals surface area contributed by atoms with E-state index in [-0.39, 0.29) is 30.8 Å². The molecule has 1 atom stereocenters. The number of hydrogen-bond donors (Lipinski definition) is 2. The Morgan fingerprint density at radius 1 is 1.26 bits per heavy atom. The minimum absolute atomic E-state index is 0.000375. The Balaban J connectivity index is 1.66. The van der Waals surface area contributed by atoms with Crippen LogP contribution in [0, 0.1) is 0 Å². The lowest BCUT2D eigenvalue weighted by Crippen LogP contribution is -2.37. The second kappa shape index (κ2) is 7.97. The van der Waals surface area contributed by atoms with Crippen molar-refractivity contribution in [2.24, 2.45) is 0 Å². The Hall–Kier alpha value is -2.08. The van der Waals surface area contributed by atoms with Crippen LogP contribution in [0.4, 0.5) is 0 Å². The zero-order valence-electron chi connectivity index (χ0n) is 12.8. The largest absolute Gasteiger partial charge is 0.452 e. The smallest absolute Gasteiger partial charge is 0.308 e. The minimum atomic E-state index is -0.824. The summed E-state index contributed by atoms with van der Waals surface area (Å²) >= 11 is 5.75. The van der Waals surface area contributed by atoms with Crippen LogP contribution >= 0.6 is 11.6 Å². The fraction of sp³-hybridized carbons (Fsp3) is 0.438. The van der Waals surface area contributed by atoms with Gasteiger partial charge in [0.05, 0.1) is 6.42 Å². The van der Waals surface area contributed by atoms with E-state index in [0.717, 1.165) is 12.8 Å². The van der Waals surface area contributed by atoms with Crippen molar-refractivity contribution in [2.75, 3.05) is 6.54 Å². The molecule has 0 radical (unpaired) electrons. The number of ether oxygens (including phenoxy) is 1. The molecule has 1 saturated carbocycles. The van der Waals surface area contributed by atoms with Crippen LogP contribution in [0.15, 0.2) is 24.3 Å². The molecule has 1 aromatic carbocycles. The van der Waals surface area contributed by atoms with Gasteiger partial charge in [0.2, 0.25) is 0 Å². The second-order valence-corrected chi connectivity index (χ2v) is 5.86. The van der Waals surface area contributed by atoms with E-state index in [1.165, 1.54) is 6.92 Å². The SMILES string of the molecule is C[C@H](OC(=O)CCNC(=O)c1ccc(Cl)cc1)C(=O)NC1CC1. The quantitative estimate of drug-likeness (QED) is 0.741.